The number of hydrogen-bond acceptors (Lipinski definition) is 13. The molecule has 0 saturated heterocycles. The summed E-state index contributed by atoms with van der Waals surface area (Å²) < 4.78 is 22.6. The van der Waals surface area contributed by atoms with E-state index in [4.69, 9.17) is 18.9 Å². The molecule has 55 heavy (non-hydrogen) atoms. The minimum atomic E-state index is -0.996. The Morgan fingerprint density at radius 2 is 1.22 bits per heavy atom. The molecule has 0 aromatic heterocycles. The van der Waals surface area contributed by atoms with E-state index < -0.39 is 35.0 Å². The summed E-state index contributed by atoms with van der Waals surface area (Å²) >= 11 is 0. The second-order valence-corrected chi connectivity index (χ2v) is 13.4. The quantitative estimate of drug-likeness (QED) is 0.0421. The zero-order valence-electron chi connectivity index (χ0n) is 31.8. The first kappa shape index (κ1) is 42.5. The van der Waals surface area contributed by atoms with Gasteiger partial charge in [-0.25, -0.2) is 9.59 Å². The molecule has 3 aromatic carbocycles. The number of hydrogen-bond donors (Lipinski definition) is 5. The maximum Gasteiger partial charge on any atom is 0.336 e. The van der Waals surface area contributed by atoms with Gasteiger partial charge in [0, 0.05) is 36.6 Å². The van der Waals surface area contributed by atoms with Crippen molar-refractivity contribution in [3.8, 4) is 11.5 Å². The molecule has 0 fully saturated rings. The predicted octanol–water partition coefficient (Wildman–Crippen LogP) is 4.37. The molecule has 3 aromatic rings. The third-order valence-corrected chi connectivity index (χ3v) is 8.70. The van der Waals surface area contributed by atoms with Gasteiger partial charge in [-0.1, -0.05) is 36.4 Å². The van der Waals surface area contributed by atoms with Gasteiger partial charge in [0.2, 0.25) is 0 Å². The molecule has 4 rings (SSSR count). The third-order valence-electron chi connectivity index (χ3n) is 8.70. The normalized spacial score (nSPS) is 15.2. The first-order chi connectivity index (χ1) is 26.4. The Labute approximate surface area is 321 Å². The van der Waals surface area contributed by atoms with Crippen LogP contribution in [0.5, 0.6) is 11.5 Å². The van der Waals surface area contributed by atoms with Gasteiger partial charge in [0.05, 0.1) is 35.2 Å². The van der Waals surface area contributed by atoms with Crippen molar-refractivity contribution in [2.24, 2.45) is 0 Å². The van der Waals surface area contributed by atoms with Crippen molar-refractivity contribution in [2.75, 3.05) is 52.6 Å². The van der Waals surface area contributed by atoms with Crippen LogP contribution < -0.4 is 25.4 Å². The molecule has 2 atom stereocenters. The number of nitrogens with zero attached hydrogens (tertiary/aromatic N) is 1. The van der Waals surface area contributed by atoms with E-state index in [2.05, 4.69) is 16.0 Å². The summed E-state index contributed by atoms with van der Waals surface area (Å²) in [6, 6.07) is 20.9. The summed E-state index contributed by atoms with van der Waals surface area (Å²) in [4.78, 5) is 38.5. The molecule has 14 heteroatoms. The second kappa shape index (κ2) is 21.6. The van der Waals surface area contributed by atoms with Crippen LogP contribution in [0.2, 0.25) is 0 Å². The number of dihydropyridines is 1. The lowest BCUT2D eigenvalue weighted by atomic mass is 9.80. The summed E-state index contributed by atoms with van der Waals surface area (Å²) in [7, 11) is 0. The third kappa shape index (κ3) is 13.5. The van der Waals surface area contributed by atoms with Crippen LogP contribution in [0, 0.1) is 24.0 Å². The molecule has 0 saturated carbocycles. The van der Waals surface area contributed by atoms with E-state index in [9.17, 15) is 29.9 Å². The number of esters is 2. The van der Waals surface area contributed by atoms with Crippen molar-refractivity contribution < 1.29 is 43.7 Å². The highest BCUT2D eigenvalue weighted by molar-refractivity contribution is 6.00. The van der Waals surface area contributed by atoms with Crippen molar-refractivity contribution >= 4 is 17.6 Å². The van der Waals surface area contributed by atoms with E-state index in [1.807, 2.05) is 62.4 Å². The van der Waals surface area contributed by atoms with E-state index in [0.717, 1.165) is 11.1 Å². The number of aliphatic hydroxyl groups is 2. The lowest BCUT2D eigenvalue weighted by Gasteiger charge is -2.30. The van der Waals surface area contributed by atoms with Crippen molar-refractivity contribution in [3.63, 3.8) is 0 Å². The molecule has 14 nitrogen and oxygen atoms in total. The van der Waals surface area contributed by atoms with Gasteiger partial charge < -0.3 is 45.1 Å². The molecular formula is C41H52N4O10. The number of aryl methyl sites for hydroxylation is 2. The second-order valence-electron chi connectivity index (χ2n) is 13.4. The van der Waals surface area contributed by atoms with Crippen LogP contribution in [0.15, 0.2) is 95.3 Å². The number of aliphatic hydroxyl groups excluding tert-OH is 2. The number of allylic oxidation sites excluding steroid dienone is 2. The van der Waals surface area contributed by atoms with Crippen LogP contribution in [0.25, 0.3) is 0 Å². The summed E-state index contributed by atoms with van der Waals surface area (Å²) in [5.41, 5.74) is 3.45. The smallest absolute Gasteiger partial charge is 0.336 e. The van der Waals surface area contributed by atoms with Crippen LogP contribution >= 0.6 is 0 Å². The van der Waals surface area contributed by atoms with Crippen LogP contribution in [-0.2, 0) is 19.1 Å². The molecule has 1 heterocycles. The molecule has 0 radical (unpaired) electrons. The molecule has 296 valence electrons. The van der Waals surface area contributed by atoms with Crippen molar-refractivity contribution in [1.82, 2.24) is 16.0 Å². The van der Waals surface area contributed by atoms with E-state index in [0.29, 0.717) is 54.4 Å². The number of benzene rings is 3. The number of nitro groups is 1. The topological polar surface area (TPSA) is 191 Å². The number of rotatable bonds is 22. The van der Waals surface area contributed by atoms with Crippen LogP contribution in [-0.4, -0.2) is 91.9 Å². The number of nitro benzene ring substituents is 1. The summed E-state index contributed by atoms with van der Waals surface area (Å²) in [6.45, 7) is 9.06. The number of nitrogens with one attached hydrogen (secondary N) is 3. The standard InChI is InChI=1S/C41H52N4O10/c1-27-10-5-14-35(20-27)54-25-33(46)23-42-16-8-18-52-40(48)37-29(3)44-30(4)38(39(37)31-12-7-13-32(22-31)45(50)51)41(49)53-19-9-17-43-24-34(47)26-55-36-15-6-11-28(2)21-36/h5-7,10-15,20-22,33-34,39,42-44,46-47H,8-9,16-19,23-26H2,1-4H3. The van der Waals surface area contributed by atoms with Gasteiger partial charge in [0.25, 0.3) is 5.69 Å². The molecule has 2 unspecified atom stereocenters. The van der Waals surface area contributed by atoms with Gasteiger partial charge in [-0.05, 0) is 94.6 Å². The summed E-state index contributed by atoms with van der Waals surface area (Å²) in [6.07, 6.45) is -0.612. The highest BCUT2D eigenvalue weighted by Crippen LogP contribution is 2.40. The number of carbonyl (C=O) groups is 2. The van der Waals surface area contributed by atoms with E-state index in [1.165, 1.54) is 18.2 Å². The van der Waals surface area contributed by atoms with Crippen molar-refractivity contribution in [2.45, 2.75) is 58.7 Å². The molecule has 0 aliphatic carbocycles. The van der Waals surface area contributed by atoms with Gasteiger partial charge >= 0.3 is 11.9 Å². The zero-order chi connectivity index (χ0) is 39.7. The maximum absolute atomic E-state index is 13.7. The van der Waals surface area contributed by atoms with Gasteiger partial charge in [0.15, 0.2) is 0 Å². The Morgan fingerprint density at radius 1 is 0.745 bits per heavy atom. The average molecular weight is 761 g/mol. The predicted molar refractivity (Wildman–Crippen MR) is 207 cm³/mol. The Bertz CT molecular complexity index is 1730. The van der Waals surface area contributed by atoms with Crippen LogP contribution in [0.3, 0.4) is 0 Å². The van der Waals surface area contributed by atoms with Gasteiger partial charge in [-0.3, -0.25) is 10.1 Å². The molecule has 5 N–H and O–H groups in total. The lowest BCUT2D eigenvalue weighted by Crippen LogP contribution is -2.34. The minimum Gasteiger partial charge on any atom is -0.491 e. The fourth-order valence-electron chi connectivity index (χ4n) is 6.02. The first-order valence-corrected chi connectivity index (χ1v) is 18.4. The maximum atomic E-state index is 13.7. The molecule has 1 aliphatic rings. The van der Waals surface area contributed by atoms with E-state index >= 15 is 0 Å². The molecule has 0 bridgehead atoms. The van der Waals surface area contributed by atoms with Gasteiger partial charge in [0.1, 0.15) is 36.9 Å². The number of non-ortho nitro benzene ring substituents is 1. The fraction of sp³-hybridized carbons (Fsp3) is 0.415. The van der Waals surface area contributed by atoms with E-state index in [-0.39, 0.29) is 56.4 Å². The summed E-state index contributed by atoms with van der Waals surface area (Å²) in [5, 5.41) is 41.6. The minimum absolute atomic E-state index is 0.0440. The van der Waals surface area contributed by atoms with E-state index in [1.54, 1.807) is 19.9 Å². The van der Waals surface area contributed by atoms with Crippen molar-refractivity contribution in [3.05, 3.63) is 122 Å². The number of carbonyl (C=O) groups excluding carboxylic acids is 2. The van der Waals surface area contributed by atoms with Crippen molar-refractivity contribution in [1.29, 1.82) is 0 Å². The summed E-state index contributed by atoms with van der Waals surface area (Å²) in [5.74, 6) is -0.998. The molecular weight excluding hydrogens is 708 g/mol. The molecule has 0 spiro atoms. The SMILES string of the molecule is CC1=C(C(=O)OCCCNCC(O)COc2cccc(C)c2)C(c2cccc([N+](=O)[O-])c2)C(C(=O)OCCCNCC(O)COc2cccc(C)c2)=C(C)N1. The zero-order valence-corrected chi connectivity index (χ0v) is 31.8. The first-order valence-electron chi connectivity index (χ1n) is 18.4. The Kier molecular flexibility index (Phi) is 16.7. The lowest BCUT2D eigenvalue weighted by molar-refractivity contribution is -0.384. The Hall–Kier alpha value is -5.28. The fourth-order valence-corrected chi connectivity index (χ4v) is 6.02. The van der Waals surface area contributed by atoms with Gasteiger partial charge in [-0.15, -0.1) is 0 Å². The molecule has 1 aliphatic heterocycles. The number of ether oxygens (including phenoxy) is 4. The highest BCUT2D eigenvalue weighted by Gasteiger charge is 2.38. The highest BCUT2D eigenvalue weighted by atomic mass is 16.6. The molecule has 0 amide bonds. The average Bonchev–Trinajstić information content (AvgIpc) is 3.15. The van der Waals surface area contributed by atoms with Gasteiger partial charge in [-0.2, -0.15) is 0 Å². The largest absolute Gasteiger partial charge is 0.491 e. The van der Waals surface area contributed by atoms with Crippen LogP contribution in [0.1, 0.15) is 49.3 Å². The Morgan fingerprint density at radius 3 is 1.67 bits per heavy atom. The monoisotopic (exact) mass is 760 g/mol. The van der Waals surface area contributed by atoms with Crippen LogP contribution in [0.4, 0.5) is 5.69 Å². The Balaban J connectivity index is 1.29.